The Morgan fingerprint density at radius 2 is 1.71 bits per heavy atom. The summed E-state index contributed by atoms with van der Waals surface area (Å²) in [4.78, 5) is 19.2. The van der Waals surface area contributed by atoms with E-state index in [1.807, 2.05) is 36.4 Å². The summed E-state index contributed by atoms with van der Waals surface area (Å²) in [6, 6.07) is 19.6. The van der Waals surface area contributed by atoms with E-state index in [1.54, 1.807) is 41.7 Å². The van der Waals surface area contributed by atoms with Crippen molar-refractivity contribution in [2.45, 2.75) is 24.2 Å². The van der Waals surface area contributed by atoms with E-state index >= 15 is 0 Å². The Bertz CT molecular complexity index is 1460. The normalized spacial score (nSPS) is 14.9. The van der Waals surface area contributed by atoms with Gasteiger partial charge in [0.2, 0.25) is 10.0 Å². The number of anilines is 1. The van der Waals surface area contributed by atoms with Gasteiger partial charge < -0.3 is 5.32 Å². The number of rotatable bonds is 5. The number of aromatic nitrogens is 1. The number of sulfonamides is 1. The third kappa shape index (κ3) is 4.65. The highest BCUT2D eigenvalue weighted by Crippen LogP contribution is 2.33. The molecule has 1 aliphatic heterocycles. The molecule has 2 aromatic heterocycles. The van der Waals surface area contributed by atoms with E-state index in [2.05, 4.69) is 21.2 Å². The van der Waals surface area contributed by atoms with E-state index in [0.717, 1.165) is 44.5 Å². The maximum absolute atomic E-state index is 13.3. The summed E-state index contributed by atoms with van der Waals surface area (Å²) in [6.07, 6.45) is 2.83. The maximum atomic E-state index is 13.3. The second-order valence-corrected chi connectivity index (χ2v) is 12.5. The minimum absolute atomic E-state index is 0.243. The Labute approximate surface area is 210 Å². The zero-order valence-electron chi connectivity index (χ0n) is 18.2. The van der Waals surface area contributed by atoms with Gasteiger partial charge in [-0.2, -0.15) is 4.31 Å². The lowest BCUT2D eigenvalue weighted by Gasteiger charge is -2.25. The van der Waals surface area contributed by atoms with E-state index in [4.69, 9.17) is 4.98 Å². The molecule has 9 heteroatoms. The number of amides is 1. The number of benzene rings is 2. The van der Waals surface area contributed by atoms with Crippen LogP contribution in [0.25, 0.3) is 21.5 Å². The number of hydrogen-bond donors (Lipinski definition) is 1. The second-order valence-electron chi connectivity index (χ2n) is 8.12. The first-order valence-corrected chi connectivity index (χ1v) is 14.0. The minimum Gasteiger partial charge on any atom is -0.322 e. The smallest absolute Gasteiger partial charge is 0.256 e. The van der Waals surface area contributed by atoms with Gasteiger partial charge in [0.1, 0.15) is 0 Å². The molecular weight excluding hydrogens is 534 g/mol. The molecule has 0 unspecified atom stereocenters. The zero-order chi connectivity index (χ0) is 23.7. The summed E-state index contributed by atoms with van der Waals surface area (Å²) in [5.74, 6) is -0.276. The van der Waals surface area contributed by atoms with Crippen molar-refractivity contribution in [2.75, 3.05) is 18.4 Å². The molecule has 4 aromatic rings. The van der Waals surface area contributed by atoms with Crippen LogP contribution in [0.1, 0.15) is 29.6 Å². The molecule has 0 atom stereocenters. The largest absolute Gasteiger partial charge is 0.322 e. The van der Waals surface area contributed by atoms with Crippen LogP contribution in [0.2, 0.25) is 0 Å². The van der Waals surface area contributed by atoms with E-state index in [-0.39, 0.29) is 10.8 Å². The molecular formula is C25H22BrN3O3S2. The summed E-state index contributed by atoms with van der Waals surface area (Å²) < 4.78 is 28.3. The number of thiophene rings is 1. The highest BCUT2D eigenvalue weighted by Gasteiger charge is 2.25. The number of carbonyl (C=O) groups excluding carboxylic acids is 1. The average molecular weight is 557 g/mol. The molecule has 1 N–H and O–H groups in total. The first kappa shape index (κ1) is 23.2. The Balaban J connectivity index is 1.42. The molecule has 1 saturated heterocycles. The molecule has 5 rings (SSSR count). The topological polar surface area (TPSA) is 79.4 Å². The molecule has 0 spiro atoms. The third-order valence-electron chi connectivity index (χ3n) is 5.85. The van der Waals surface area contributed by atoms with Crippen molar-refractivity contribution in [3.8, 4) is 10.6 Å². The van der Waals surface area contributed by atoms with Gasteiger partial charge in [-0.1, -0.05) is 24.6 Å². The number of pyridine rings is 1. The van der Waals surface area contributed by atoms with Crippen LogP contribution in [-0.2, 0) is 10.0 Å². The minimum atomic E-state index is -3.51. The third-order valence-corrected chi connectivity index (χ3v) is 9.41. The van der Waals surface area contributed by atoms with Gasteiger partial charge in [-0.15, -0.1) is 11.3 Å². The van der Waals surface area contributed by atoms with E-state index in [0.29, 0.717) is 24.3 Å². The Kier molecular flexibility index (Phi) is 6.52. The fraction of sp³-hybridized carbons (Fsp3) is 0.200. The van der Waals surface area contributed by atoms with E-state index in [9.17, 15) is 13.2 Å². The molecule has 6 nitrogen and oxygen atoms in total. The molecule has 3 heterocycles. The van der Waals surface area contributed by atoms with Crippen LogP contribution in [0.15, 0.2) is 75.4 Å². The second kappa shape index (κ2) is 9.58. The summed E-state index contributed by atoms with van der Waals surface area (Å²) in [6.45, 7) is 1.11. The molecule has 174 valence electrons. The SMILES string of the molecule is O=C(Nc1ccc(S(=O)(=O)N2CCCCC2)cc1)c1cc(-c2ccc(Br)s2)nc2ccccc12. The summed E-state index contributed by atoms with van der Waals surface area (Å²) in [5, 5.41) is 3.66. The van der Waals surface area contributed by atoms with Gasteiger partial charge in [0.15, 0.2) is 0 Å². The van der Waals surface area contributed by atoms with Gasteiger partial charge in [0.05, 0.1) is 30.3 Å². The number of para-hydroxylation sites is 1. The summed E-state index contributed by atoms with van der Waals surface area (Å²) >= 11 is 5.03. The van der Waals surface area contributed by atoms with Crippen molar-refractivity contribution in [1.82, 2.24) is 9.29 Å². The molecule has 0 bridgehead atoms. The molecule has 1 fully saturated rings. The monoisotopic (exact) mass is 555 g/mol. The van der Waals surface area contributed by atoms with Crippen LogP contribution in [-0.4, -0.2) is 36.7 Å². The molecule has 0 radical (unpaired) electrons. The fourth-order valence-corrected chi connectivity index (χ4v) is 6.97. The Hall–Kier alpha value is -2.59. The van der Waals surface area contributed by atoms with Gasteiger partial charge in [-0.3, -0.25) is 4.79 Å². The highest BCUT2D eigenvalue weighted by atomic mass is 79.9. The first-order chi connectivity index (χ1) is 16.4. The highest BCUT2D eigenvalue weighted by molar-refractivity contribution is 9.11. The van der Waals surface area contributed by atoms with Gasteiger partial charge >= 0.3 is 0 Å². The molecule has 0 aliphatic carbocycles. The average Bonchev–Trinajstić information content (AvgIpc) is 3.30. The van der Waals surface area contributed by atoms with Crippen LogP contribution in [0.5, 0.6) is 0 Å². The lowest BCUT2D eigenvalue weighted by atomic mass is 10.1. The molecule has 2 aromatic carbocycles. The van der Waals surface area contributed by atoms with Gasteiger partial charge in [-0.05, 0) is 77.3 Å². The van der Waals surface area contributed by atoms with Crippen LogP contribution in [0.4, 0.5) is 5.69 Å². The van der Waals surface area contributed by atoms with Crippen molar-refractivity contribution in [3.05, 3.63) is 76.1 Å². The van der Waals surface area contributed by atoms with E-state index < -0.39 is 10.0 Å². The molecule has 34 heavy (non-hydrogen) atoms. The molecule has 1 amide bonds. The number of nitrogens with one attached hydrogen (secondary N) is 1. The Morgan fingerprint density at radius 3 is 2.41 bits per heavy atom. The quantitative estimate of drug-likeness (QED) is 0.320. The van der Waals surface area contributed by atoms with Crippen LogP contribution < -0.4 is 5.32 Å². The number of halogens is 1. The van der Waals surface area contributed by atoms with Gasteiger partial charge in [0, 0.05) is 24.2 Å². The number of hydrogen-bond acceptors (Lipinski definition) is 5. The Morgan fingerprint density at radius 1 is 0.971 bits per heavy atom. The maximum Gasteiger partial charge on any atom is 0.256 e. The zero-order valence-corrected chi connectivity index (χ0v) is 21.4. The lowest BCUT2D eigenvalue weighted by molar-refractivity contribution is 0.102. The number of nitrogens with zero attached hydrogens (tertiary/aromatic N) is 2. The van der Waals surface area contributed by atoms with Crippen LogP contribution >= 0.6 is 27.3 Å². The van der Waals surface area contributed by atoms with Crippen molar-refractivity contribution < 1.29 is 13.2 Å². The van der Waals surface area contributed by atoms with Crippen LogP contribution in [0, 0.1) is 0 Å². The van der Waals surface area contributed by atoms with Crippen molar-refractivity contribution >= 4 is 59.8 Å². The predicted molar refractivity (Wildman–Crippen MR) is 140 cm³/mol. The standard InChI is InChI=1S/C25H22BrN3O3S2/c26-24-13-12-23(33-24)22-16-20(19-6-2-3-7-21(19)28-22)25(30)27-17-8-10-18(11-9-17)34(31,32)29-14-4-1-5-15-29/h2-3,6-13,16H,1,4-5,14-15H2,(H,27,30). The van der Waals surface area contributed by atoms with Crippen molar-refractivity contribution in [1.29, 1.82) is 0 Å². The molecule has 1 aliphatic rings. The molecule has 0 saturated carbocycles. The number of carbonyl (C=O) groups is 1. The summed E-state index contributed by atoms with van der Waals surface area (Å²) in [5.41, 5.74) is 2.50. The van der Waals surface area contributed by atoms with Crippen LogP contribution in [0.3, 0.4) is 0 Å². The summed E-state index contributed by atoms with van der Waals surface area (Å²) in [7, 11) is -3.51. The van der Waals surface area contributed by atoms with Crippen molar-refractivity contribution in [3.63, 3.8) is 0 Å². The fourth-order valence-electron chi connectivity index (χ4n) is 4.10. The van der Waals surface area contributed by atoms with Gasteiger partial charge in [-0.25, -0.2) is 13.4 Å². The number of fused-ring (bicyclic) bond motifs is 1. The number of piperidine rings is 1. The lowest BCUT2D eigenvalue weighted by Crippen LogP contribution is -2.35. The first-order valence-electron chi connectivity index (χ1n) is 11.0. The van der Waals surface area contributed by atoms with E-state index in [1.165, 1.54) is 4.31 Å². The predicted octanol–water partition coefficient (Wildman–Crippen LogP) is 6.15. The van der Waals surface area contributed by atoms with Gasteiger partial charge in [0.25, 0.3) is 5.91 Å². The van der Waals surface area contributed by atoms with Crippen molar-refractivity contribution in [2.24, 2.45) is 0 Å².